The molecular formula is C10H7F5INO3. The lowest BCUT2D eigenvalue weighted by Gasteiger charge is -2.15. The minimum atomic E-state index is -5.13. The molecule has 0 atom stereocenters. The van der Waals surface area contributed by atoms with Crippen molar-refractivity contribution in [2.24, 2.45) is 0 Å². The lowest BCUT2D eigenvalue weighted by Crippen LogP contribution is -2.21. The fourth-order valence-electron chi connectivity index (χ4n) is 1.28. The third-order valence-electron chi connectivity index (χ3n) is 1.89. The number of pyridine rings is 1. The number of hydrogen-bond donors (Lipinski definition) is 0. The molecule has 0 aromatic carbocycles. The summed E-state index contributed by atoms with van der Waals surface area (Å²) >= 11 is 1.43. The Hall–Kier alpha value is -1.20. The molecule has 1 heterocycles. The topological polar surface area (TPSA) is 48.4 Å². The highest BCUT2D eigenvalue weighted by atomic mass is 127. The average Bonchev–Trinajstić information content (AvgIpc) is 2.25. The number of esters is 1. The average molecular weight is 411 g/mol. The zero-order valence-corrected chi connectivity index (χ0v) is 12.0. The van der Waals surface area contributed by atoms with E-state index in [0.717, 1.165) is 6.07 Å². The van der Waals surface area contributed by atoms with Gasteiger partial charge in [-0.1, -0.05) is 0 Å². The number of carbonyl (C=O) groups excluding carboxylic acids is 1. The Morgan fingerprint density at radius 2 is 2.05 bits per heavy atom. The molecule has 0 aliphatic rings. The number of hydrogen-bond acceptors (Lipinski definition) is 4. The van der Waals surface area contributed by atoms with Crippen molar-refractivity contribution in [2.45, 2.75) is 19.7 Å². The van der Waals surface area contributed by atoms with Crippen molar-refractivity contribution in [1.29, 1.82) is 0 Å². The molecule has 0 radical (unpaired) electrons. The SMILES string of the molecule is CCOC(=O)c1c(OC(F)(F)F)cc(I)nc1C(F)F. The van der Waals surface area contributed by atoms with E-state index in [2.05, 4.69) is 14.5 Å². The van der Waals surface area contributed by atoms with Crippen LogP contribution in [0.5, 0.6) is 5.75 Å². The van der Waals surface area contributed by atoms with Gasteiger partial charge in [0.15, 0.2) is 0 Å². The normalized spacial score (nSPS) is 11.6. The van der Waals surface area contributed by atoms with Crippen LogP contribution in [0.3, 0.4) is 0 Å². The van der Waals surface area contributed by atoms with Crippen molar-refractivity contribution < 1.29 is 36.2 Å². The molecule has 0 saturated heterocycles. The highest BCUT2D eigenvalue weighted by Crippen LogP contribution is 2.33. The monoisotopic (exact) mass is 411 g/mol. The van der Waals surface area contributed by atoms with E-state index in [9.17, 15) is 26.7 Å². The molecule has 0 N–H and O–H groups in total. The van der Waals surface area contributed by atoms with Crippen LogP contribution in [0.1, 0.15) is 29.4 Å². The maximum atomic E-state index is 12.8. The number of alkyl halides is 5. The maximum Gasteiger partial charge on any atom is 0.573 e. The molecule has 0 spiro atoms. The number of ether oxygens (including phenoxy) is 2. The summed E-state index contributed by atoms with van der Waals surface area (Å²) in [7, 11) is 0. The van der Waals surface area contributed by atoms with Gasteiger partial charge in [0.1, 0.15) is 20.7 Å². The van der Waals surface area contributed by atoms with Crippen LogP contribution in [0.2, 0.25) is 0 Å². The summed E-state index contributed by atoms with van der Waals surface area (Å²) in [6, 6.07) is 0.728. The van der Waals surface area contributed by atoms with Crippen molar-refractivity contribution in [3.63, 3.8) is 0 Å². The largest absolute Gasteiger partial charge is 0.573 e. The van der Waals surface area contributed by atoms with Gasteiger partial charge in [0.2, 0.25) is 0 Å². The van der Waals surface area contributed by atoms with Crippen molar-refractivity contribution >= 4 is 28.6 Å². The summed E-state index contributed by atoms with van der Waals surface area (Å²) in [6.07, 6.45) is -8.38. The zero-order chi connectivity index (χ0) is 15.5. The molecule has 1 rings (SSSR count). The Morgan fingerprint density at radius 1 is 1.45 bits per heavy atom. The molecule has 0 fully saturated rings. The maximum absolute atomic E-state index is 12.8. The molecule has 0 unspecified atom stereocenters. The van der Waals surface area contributed by atoms with Crippen LogP contribution in [0.25, 0.3) is 0 Å². The number of nitrogens with zero attached hydrogens (tertiary/aromatic N) is 1. The summed E-state index contributed by atoms with van der Waals surface area (Å²) < 4.78 is 70.2. The standard InChI is InChI=1S/C10H7F5INO3/c1-2-19-9(18)6-4(20-10(13,14)15)3-5(16)17-7(6)8(11)12/h3,8H,2H2,1H3. The molecule has 10 heteroatoms. The Labute approximate surface area is 123 Å². The molecule has 0 aliphatic carbocycles. The minimum Gasteiger partial charge on any atom is -0.462 e. The van der Waals surface area contributed by atoms with Gasteiger partial charge >= 0.3 is 12.3 Å². The quantitative estimate of drug-likeness (QED) is 0.328. The third kappa shape index (κ3) is 4.42. The van der Waals surface area contributed by atoms with Gasteiger partial charge in [-0.05, 0) is 29.5 Å². The molecule has 0 saturated carbocycles. The van der Waals surface area contributed by atoms with Crippen LogP contribution in [0.4, 0.5) is 22.0 Å². The van der Waals surface area contributed by atoms with E-state index in [-0.39, 0.29) is 10.3 Å². The second-order valence-corrected chi connectivity index (χ2v) is 4.38. The fourth-order valence-corrected chi connectivity index (χ4v) is 1.82. The highest BCUT2D eigenvalue weighted by Gasteiger charge is 2.36. The Kier molecular flexibility index (Phi) is 5.48. The molecule has 1 aromatic heterocycles. The predicted octanol–water partition coefficient (Wildman–Crippen LogP) is 3.70. The first kappa shape index (κ1) is 16.9. The summed E-state index contributed by atoms with van der Waals surface area (Å²) in [5.41, 5.74) is -2.14. The first-order valence-electron chi connectivity index (χ1n) is 5.07. The van der Waals surface area contributed by atoms with Crippen LogP contribution in [0.15, 0.2) is 6.07 Å². The number of rotatable bonds is 4. The van der Waals surface area contributed by atoms with E-state index in [4.69, 9.17) is 0 Å². The molecule has 1 aromatic rings. The van der Waals surface area contributed by atoms with Gasteiger partial charge in [0.25, 0.3) is 6.43 Å². The lowest BCUT2D eigenvalue weighted by molar-refractivity contribution is -0.274. The second-order valence-electron chi connectivity index (χ2n) is 3.27. The van der Waals surface area contributed by atoms with Crippen LogP contribution in [-0.4, -0.2) is 23.9 Å². The minimum absolute atomic E-state index is 0.176. The molecular weight excluding hydrogens is 404 g/mol. The number of halogens is 6. The van der Waals surface area contributed by atoms with Crippen LogP contribution >= 0.6 is 22.6 Å². The van der Waals surface area contributed by atoms with E-state index in [1.54, 1.807) is 0 Å². The first-order valence-corrected chi connectivity index (χ1v) is 6.15. The number of carbonyl (C=O) groups is 1. The number of aromatic nitrogens is 1. The van der Waals surface area contributed by atoms with Crippen molar-refractivity contribution in [2.75, 3.05) is 6.61 Å². The zero-order valence-electron chi connectivity index (χ0n) is 9.80. The summed E-state index contributed by atoms with van der Waals surface area (Å²) in [5, 5.41) is 0. The Bertz CT molecular complexity index is 506. The van der Waals surface area contributed by atoms with Crippen molar-refractivity contribution in [1.82, 2.24) is 4.98 Å². The summed E-state index contributed by atoms with van der Waals surface area (Å²) in [6.45, 7) is 1.18. The van der Waals surface area contributed by atoms with Gasteiger partial charge in [-0.25, -0.2) is 18.6 Å². The van der Waals surface area contributed by atoms with E-state index in [0.29, 0.717) is 0 Å². The lowest BCUT2D eigenvalue weighted by atomic mass is 10.1. The van der Waals surface area contributed by atoms with Crippen molar-refractivity contribution in [3.8, 4) is 5.75 Å². The van der Waals surface area contributed by atoms with E-state index >= 15 is 0 Å². The molecule has 0 aliphatic heterocycles. The smallest absolute Gasteiger partial charge is 0.462 e. The van der Waals surface area contributed by atoms with Gasteiger partial charge in [-0.2, -0.15) is 0 Å². The highest BCUT2D eigenvalue weighted by molar-refractivity contribution is 14.1. The van der Waals surface area contributed by atoms with Crippen LogP contribution < -0.4 is 4.74 Å². The second kappa shape index (κ2) is 6.50. The Morgan fingerprint density at radius 3 is 2.50 bits per heavy atom. The van der Waals surface area contributed by atoms with Gasteiger partial charge in [0.05, 0.1) is 6.61 Å². The summed E-state index contributed by atoms with van der Waals surface area (Å²) in [5.74, 6) is -2.42. The molecule has 20 heavy (non-hydrogen) atoms. The van der Waals surface area contributed by atoms with E-state index < -0.39 is 35.8 Å². The molecule has 112 valence electrons. The van der Waals surface area contributed by atoms with Crippen LogP contribution in [-0.2, 0) is 4.74 Å². The van der Waals surface area contributed by atoms with Gasteiger partial charge in [0, 0.05) is 6.07 Å². The predicted molar refractivity (Wildman–Crippen MR) is 64.6 cm³/mol. The fraction of sp³-hybridized carbons (Fsp3) is 0.400. The van der Waals surface area contributed by atoms with Gasteiger partial charge < -0.3 is 9.47 Å². The molecule has 0 amide bonds. The Balaban J connectivity index is 3.43. The molecule has 4 nitrogen and oxygen atoms in total. The summed E-state index contributed by atoms with van der Waals surface area (Å²) in [4.78, 5) is 14.9. The van der Waals surface area contributed by atoms with Crippen LogP contribution in [0, 0.1) is 3.70 Å². The molecule has 0 bridgehead atoms. The van der Waals surface area contributed by atoms with Crippen molar-refractivity contribution in [3.05, 3.63) is 21.0 Å². The first-order chi connectivity index (χ1) is 9.15. The van der Waals surface area contributed by atoms with E-state index in [1.165, 1.54) is 29.5 Å². The van der Waals surface area contributed by atoms with E-state index in [1.807, 2.05) is 0 Å². The van der Waals surface area contributed by atoms with Gasteiger partial charge in [-0.15, -0.1) is 13.2 Å². The van der Waals surface area contributed by atoms with Gasteiger partial charge in [-0.3, -0.25) is 0 Å². The third-order valence-corrected chi connectivity index (χ3v) is 2.44.